The summed E-state index contributed by atoms with van der Waals surface area (Å²) in [6.07, 6.45) is 1.10. The number of carbonyl (C=O) groups excluding carboxylic acids is 1. The number of sulfonamides is 1. The van der Waals surface area contributed by atoms with E-state index in [2.05, 4.69) is 5.32 Å². The van der Waals surface area contributed by atoms with E-state index in [9.17, 15) is 13.2 Å². The molecule has 0 bridgehead atoms. The number of anilines is 2. The normalized spacial score (nSPS) is 12.6. The van der Waals surface area contributed by atoms with Gasteiger partial charge in [-0.15, -0.1) is 0 Å². The first kappa shape index (κ1) is 18.9. The lowest BCUT2D eigenvalue weighted by molar-refractivity contribution is -0.116. The lowest BCUT2D eigenvalue weighted by Crippen LogP contribution is -2.45. The minimum Gasteiger partial charge on any atom is -0.324 e. The summed E-state index contributed by atoms with van der Waals surface area (Å²) in [5.41, 5.74) is 2.10. The zero-order chi connectivity index (χ0) is 19.6. The van der Waals surface area contributed by atoms with Crippen molar-refractivity contribution in [2.75, 3.05) is 15.9 Å². The van der Waals surface area contributed by atoms with Crippen molar-refractivity contribution in [1.82, 2.24) is 0 Å². The molecule has 27 heavy (non-hydrogen) atoms. The Bertz CT molecular complexity index is 1080. The number of carbonyl (C=O) groups is 1. The van der Waals surface area contributed by atoms with Crippen LogP contribution in [0.25, 0.3) is 10.8 Å². The summed E-state index contributed by atoms with van der Waals surface area (Å²) in [6, 6.07) is 19.6. The quantitative estimate of drug-likeness (QED) is 0.727. The van der Waals surface area contributed by atoms with Crippen LogP contribution in [0.2, 0.25) is 0 Å². The van der Waals surface area contributed by atoms with Crippen molar-refractivity contribution >= 4 is 38.1 Å². The van der Waals surface area contributed by atoms with Gasteiger partial charge in [0.15, 0.2) is 0 Å². The van der Waals surface area contributed by atoms with Gasteiger partial charge in [0.1, 0.15) is 6.04 Å². The second-order valence-electron chi connectivity index (χ2n) is 6.62. The van der Waals surface area contributed by atoms with E-state index in [4.69, 9.17) is 0 Å². The van der Waals surface area contributed by atoms with E-state index < -0.39 is 22.0 Å². The number of benzene rings is 3. The van der Waals surface area contributed by atoms with Crippen molar-refractivity contribution in [1.29, 1.82) is 0 Å². The Morgan fingerprint density at radius 2 is 1.59 bits per heavy atom. The van der Waals surface area contributed by atoms with Crippen molar-refractivity contribution in [3.8, 4) is 0 Å². The molecule has 1 atom stereocenters. The van der Waals surface area contributed by atoms with Gasteiger partial charge >= 0.3 is 0 Å². The van der Waals surface area contributed by atoms with E-state index in [1.165, 1.54) is 0 Å². The van der Waals surface area contributed by atoms with Gasteiger partial charge in [0.05, 0.1) is 11.9 Å². The maximum Gasteiger partial charge on any atom is 0.247 e. The Labute approximate surface area is 159 Å². The number of hydrogen-bond acceptors (Lipinski definition) is 3. The predicted octanol–water partition coefficient (Wildman–Crippen LogP) is 3.94. The Morgan fingerprint density at radius 3 is 2.22 bits per heavy atom. The van der Waals surface area contributed by atoms with Gasteiger partial charge in [-0.2, -0.15) is 0 Å². The number of hydrogen-bond donors (Lipinski definition) is 1. The molecule has 0 aliphatic carbocycles. The van der Waals surface area contributed by atoms with Crippen LogP contribution in [-0.2, 0) is 14.8 Å². The van der Waals surface area contributed by atoms with E-state index in [1.54, 1.807) is 19.1 Å². The average Bonchev–Trinajstić information content (AvgIpc) is 2.62. The fourth-order valence-electron chi connectivity index (χ4n) is 3.01. The van der Waals surface area contributed by atoms with Crippen LogP contribution in [0, 0.1) is 6.92 Å². The van der Waals surface area contributed by atoms with Gasteiger partial charge in [-0.25, -0.2) is 8.42 Å². The molecule has 1 amide bonds. The van der Waals surface area contributed by atoms with Crippen LogP contribution in [0.15, 0.2) is 66.7 Å². The van der Waals surface area contributed by atoms with Crippen molar-refractivity contribution in [3.05, 3.63) is 72.3 Å². The molecule has 0 aromatic heterocycles. The first-order valence-electron chi connectivity index (χ1n) is 8.61. The minimum absolute atomic E-state index is 0.392. The molecule has 0 heterocycles. The highest BCUT2D eigenvalue weighted by atomic mass is 32.2. The third kappa shape index (κ3) is 4.28. The highest BCUT2D eigenvalue weighted by Gasteiger charge is 2.29. The molecule has 0 radical (unpaired) electrons. The maximum atomic E-state index is 12.8. The molecule has 0 spiro atoms. The number of nitrogens with zero attached hydrogens (tertiary/aromatic N) is 1. The summed E-state index contributed by atoms with van der Waals surface area (Å²) in [5.74, 6) is -0.392. The Kier molecular flexibility index (Phi) is 5.19. The number of aryl methyl sites for hydroxylation is 1. The summed E-state index contributed by atoms with van der Waals surface area (Å²) in [6.45, 7) is 3.50. The average molecular weight is 382 g/mol. The third-order valence-electron chi connectivity index (χ3n) is 4.39. The van der Waals surface area contributed by atoms with Crippen LogP contribution in [0.1, 0.15) is 12.5 Å². The third-order valence-corrected chi connectivity index (χ3v) is 5.64. The molecule has 1 N–H and O–H groups in total. The highest BCUT2D eigenvalue weighted by Crippen LogP contribution is 2.23. The summed E-state index contributed by atoms with van der Waals surface area (Å²) in [5, 5.41) is 4.89. The fourth-order valence-corrected chi connectivity index (χ4v) is 4.19. The van der Waals surface area contributed by atoms with Crippen LogP contribution in [0.4, 0.5) is 11.4 Å². The largest absolute Gasteiger partial charge is 0.324 e. The van der Waals surface area contributed by atoms with Crippen LogP contribution < -0.4 is 9.62 Å². The second kappa shape index (κ2) is 7.40. The predicted molar refractivity (Wildman–Crippen MR) is 111 cm³/mol. The van der Waals surface area contributed by atoms with E-state index >= 15 is 0 Å². The Balaban J connectivity index is 1.87. The van der Waals surface area contributed by atoms with Crippen molar-refractivity contribution in [2.24, 2.45) is 0 Å². The first-order chi connectivity index (χ1) is 12.8. The van der Waals surface area contributed by atoms with Gasteiger partial charge in [0.2, 0.25) is 15.9 Å². The van der Waals surface area contributed by atoms with Crippen molar-refractivity contribution < 1.29 is 13.2 Å². The summed E-state index contributed by atoms with van der Waals surface area (Å²) >= 11 is 0. The monoisotopic (exact) mass is 382 g/mol. The molecule has 6 heteroatoms. The molecule has 0 aliphatic rings. The van der Waals surface area contributed by atoms with Crippen LogP contribution in [0.3, 0.4) is 0 Å². The van der Waals surface area contributed by atoms with E-state index in [1.807, 2.05) is 61.5 Å². The molecule has 0 aliphatic heterocycles. The van der Waals surface area contributed by atoms with Gasteiger partial charge in [-0.05, 0) is 48.9 Å². The zero-order valence-corrected chi connectivity index (χ0v) is 16.3. The summed E-state index contributed by atoms with van der Waals surface area (Å²) in [7, 11) is -3.63. The van der Waals surface area contributed by atoms with Gasteiger partial charge in [-0.1, -0.05) is 48.0 Å². The lowest BCUT2D eigenvalue weighted by atomic mass is 10.1. The Morgan fingerprint density at radius 1 is 0.963 bits per heavy atom. The summed E-state index contributed by atoms with van der Waals surface area (Å²) < 4.78 is 25.8. The number of rotatable bonds is 5. The van der Waals surface area contributed by atoms with Gasteiger partial charge < -0.3 is 5.32 Å². The number of fused-ring (bicyclic) bond motifs is 1. The maximum absolute atomic E-state index is 12.8. The molecule has 3 aromatic carbocycles. The van der Waals surface area contributed by atoms with Gasteiger partial charge in [0.25, 0.3) is 0 Å². The SMILES string of the molecule is Cc1ccc(N([C@@H](C)C(=O)Nc2ccc3ccccc3c2)S(C)(=O)=O)cc1. The molecule has 0 saturated carbocycles. The second-order valence-corrected chi connectivity index (χ2v) is 8.48. The molecule has 0 unspecified atom stereocenters. The van der Waals surface area contributed by atoms with Crippen molar-refractivity contribution in [2.45, 2.75) is 19.9 Å². The smallest absolute Gasteiger partial charge is 0.247 e. The fraction of sp³-hybridized carbons (Fsp3) is 0.190. The molecule has 5 nitrogen and oxygen atoms in total. The number of amides is 1. The summed E-state index contributed by atoms with van der Waals surface area (Å²) in [4.78, 5) is 12.8. The molecule has 0 saturated heterocycles. The van der Waals surface area contributed by atoms with E-state index in [0.29, 0.717) is 11.4 Å². The number of nitrogens with one attached hydrogen (secondary N) is 1. The van der Waals surface area contributed by atoms with E-state index in [-0.39, 0.29) is 0 Å². The molecule has 0 fully saturated rings. The van der Waals surface area contributed by atoms with Crippen LogP contribution in [0.5, 0.6) is 0 Å². The first-order valence-corrected chi connectivity index (χ1v) is 10.5. The molecule has 3 aromatic rings. The minimum atomic E-state index is -3.63. The van der Waals surface area contributed by atoms with E-state index in [0.717, 1.165) is 26.9 Å². The van der Waals surface area contributed by atoms with Gasteiger partial charge in [-0.3, -0.25) is 9.10 Å². The molecular weight excluding hydrogens is 360 g/mol. The van der Waals surface area contributed by atoms with Crippen molar-refractivity contribution in [3.63, 3.8) is 0 Å². The van der Waals surface area contributed by atoms with Crippen LogP contribution >= 0.6 is 0 Å². The standard InChI is InChI=1S/C21H22N2O3S/c1-15-8-12-20(13-9-15)23(27(3,25)26)16(2)21(24)22-19-11-10-17-6-4-5-7-18(17)14-19/h4-14,16H,1-3H3,(H,22,24)/t16-/m0/s1. The van der Waals surface area contributed by atoms with Gasteiger partial charge in [0, 0.05) is 5.69 Å². The molecule has 140 valence electrons. The Hall–Kier alpha value is -2.86. The molecule has 3 rings (SSSR count). The zero-order valence-electron chi connectivity index (χ0n) is 15.5. The topological polar surface area (TPSA) is 66.5 Å². The van der Waals surface area contributed by atoms with Crippen LogP contribution in [-0.4, -0.2) is 26.6 Å². The lowest BCUT2D eigenvalue weighted by Gasteiger charge is -2.28. The highest BCUT2D eigenvalue weighted by molar-refractivity contribution is 7.92. The molecular formula is C21H22N2O3S.